The fraction of sp³-hybridized carbons (Fsp3) is 0.263. The molecular formula is C19H21N5O4S. The van der Waals surface area contributed by atoms with Gasteiger partial charge in [0, 0.05) is 38.3 Å². The lowest BCUT2D eigenvalue weighted by atomic mass is 10.1. The Morgan fingerprint density at radius 1 is 0.966 bits per heavy atom. The summed E-state index contributed by atoms with van der Waals surface area (Å²) < 4.78 is 27.3. The molecule has 1 aliphatic rings. The first-order valence-corrected chi connectivity index (χ1v) is 10.6. The lowest BCUT2D eigenvalue weighted by Crippen LogP contribution is -2.50. The van der Waals surface area contributed by atoms with E-state index >= 15 is 0 Å². The van der Waals surface area contributed by atoms with Gasteiger partial charge in [-0.3, -0.25) is 4.79 Å². The number of amides is 1. The molecule has 0 spiro atoms. The van der Waals surface area contributed by atoms with Crippen LogP contribution in [-0.2, 0) is 16.6 Å². The zero-order valence-electron chi connectivity index (χ0n) is 15.6. The van der Waals surface area contributed by atoms with Gasteiger partial charge in [0.1, 0.15) is 0 Å². The number of piperazine rings is 1. The van der Waals surface area contributed by atoms with Crippen molar-refractivity contribution in [2.75, 3.05) is 26.2 Å². The third-order valence-electron chi connectivity index (χ3n) is 5.09. The molecule has 1 saturated heterocycles. The van der Waals surface area contributed by atoms with Crippen molar-refractivity contribution in [3.8, 4) is 0 Å². The normalized spacial score (nSPS) is 15.7. The molecule has 2 aromatic carbocycles. The topological polar surface area (TPSA) is 132 Å². The number of fused-ring (bicyclic) bond motifs is 1. The minimum Gasteiger partial charge on any atom is -0.336 e. The summed E-state index contributed by atoms with van der Waals surface area (Å²) in [6.07, 6.45) is 0. The first-order chi connectivity index (χ1) is 13.9. The molecular weight excluding hydrogens is 394 g/mol. The van der Waals surface area contributed by atoms with Crippen LogP contribution < -0.4 is 11.4 Å². The summed E-state index contributed by atoms with van der Waals surface area (Å²) in [5.74, 6) is -0.128. The highest BCUT2D eigenvalue weighted by molar-refractivity contribution is 7.89. The third kappa shape index (κ3) is 3.69. The Labute approximate surface area is 167 Å². The number of aromatic amines is 2. The molecule has 1 amide bonds. The molecule has 3 aromatic rings. The molecule has 0 saturated carbocycles. The van der Waals surface area contributed by atoms with Crippen molar-refractivity contribution in [1.29, 1.82) is 0 Å². The maximum Gasteiger partial charge on any atom is 0.323 e. The monoisotopic (exact) mass is 415 g/mol. The Hall–Kier alpha value is -2.95. The fourth-order valence-electron chi connectivity index (χ4n) is 3.42. The van der Waals surface area contributed by atoms with Gasteiger partial charge in [-0.25, -0.2) is 13.2 Å². The Balaban J connectivity index is 1.47. The lowest BCUT2D eigenvalue weighted by molar-refractivity contribution is 0.0698. The summed E-state index contributed by atoms with van der Waals surface area (Å²) in [7, 11) is -3.72. The van der Waals surface area contributed by atoms with Crippen LogP contribution >= 0.6 is 0 Å². The van der Waals surface area contributed by atoms with Crippen LogP contribution in [0.25, 0.3) is 11.0 Å². The van der Waals surface area contributed by atoms with Gasteiger partial charge in [0.2, 0.25) is 10.0 Å². The standard InChI is InChI=1S/C19H21N5O4S/c20-12-13-1-3-14(4-2-13)18(25)23-7-9-24(10-8-23)29(27,28)15-5-6-16-17(11-15)22-19(26)21-16/h1-6,11H,7-10,12,20H2,(H2,21,22,26). The molecule has 10 heteroatoms. The molecule has 0 bridgehead atoms. The van der Waals surface area contributed by atoms with Crippen LogP contribution in [0.2, 0.25) is 0 Å². The van der Waals surface area contributed by atoms with Crippen LogP contribution in [0, 0.1) is 0 Å². The van der Waals surface area contributed by atoms with E-state index in [0.717, 1.165) is 5.56 Å². The van der Waals surface area contributed by atoms with Crippen molar-refractivity contribution in [3.05, 3.63) is 64.1 Å². The van der Waals surface area contributed by atoms with Gasteiger partial charge in [-0.05, 0) is 35.9 Å². The first-order valence-electron chi connectivity index (χ1n) is 9.19. The number of benzene rings is 2. The van der Waals surface area contributed by atoms with Gasteiger partial charge in [-0.1, -0.05) is 12.1 Å². The van der Waals surface area contributed by atoms with Gasteiger partial charge >= 0.3 is 5.69 Å². The minimum atomic E-state index is -3.72. The van der Waals surface area contributed by atoms with Crippen molar-refractivity contribution in [2.45, 2.75) is 11.4 Å². The van der Waals surface area contributed by atoms with E-state index in [1.165, 1.54) is 16.4 Å². The van der Waals surface area contributed by atoms with Gasteiger partial charge in [-0.15, -0.1) is 0 Å². The molecule has 9 nitrogen and oxygen atoms in total. The van der Waals surface area contributed by atoms with Gasteiger partial charge in [-0.2, -0.15) is 4.31 Å². The number of H-pyrrole nitrogens is 2. The summed E-state index contributed by atoms with van der Waals surface area (Å²) in [6.45, 7) is 1.43. The second-order valence-electron chi connectivity index (χ2n) is 6.88. The molecule has 0 radical (unpaired) electrons. The Morgan fingerprint density at radius 3 is 2.28 bits per heavy atom. The van der Waals surface area contributed by atoms with Crippen molar-refractivity contribution in [2.24, 2.45) is 5.73 Å². The Bertz CT molecular complexity index is 1210. The SMILES string of the molecule is NCc1ccc(C(=O)N2CCN(S(=O)(=O)c3ccc4[nH]c(=O)[nH]c4c3)CC2)cc1. The second-order valence-corrected chi connectivity index (χ2v) is 8.82. The summed E-state index contributed by atoms with van der Waals surface area (Å²) >= 11 is 0. The van der Waals surface area contributed by atoms with E-state index in [-0.39, 0.29) is 29.6 Å². The van der Waals surface area contributed by atoms with Crippen LogP contribution in [0.4, 0.5) is 0 Å². The van der Waals surface area contributed by atoms with Gasteiger partial charge in [0.15, 0.2) is 0 Å². The lowest BCUT2D eigenvalue weighted by Gasteiger charge is -2.34. The number of carbonyl (C=O) groups is 1. The summed E-state index contributed by atoms with van der Waals surface area (Å²) in [5, 5.41) is 0. The molecule has 2 heterocycles. The van der Waals surface area contributed by atoms with Gasteiger partial charge in [0.05, 0.1) is 15.9 Å². The van der Waals surface area contributed by atoms with E-state index in [1.54, 1.807) is 23.1 Å². The van der Waals surface area contributed by atoms with Gasteiger partial charge < -0.3 is 20.6 Å². The number of hydrogen-bond acceptors (Lipinski definition) is 5. The number of nitrogens with zero attached hydrogens (tertiary/aromatic N) is 2. The molecule has 0 unspecified atom stereocenters. The first kappa shape index (κ1) is 19.4. The molecule has 1 aromatic heterocycles. The number of sulfonamides is 1. The minimum absolute atomic E-state index is 0.109. The van der Waals surface area contributed by atoms with E-state index in [2.05, 4.69) is 9.97 Å². The van der Waals surface area contributed by atoms with E-state index in [0.29, 0.717) is 36.2 Å². The van der Waals surface area contributed by atoms with Crippen LogP contribution in [-0.4, -0.2) is 59.7 Å². The highest BCUT2D eigenvalue weighted by Crippen LogP contribution is 2.21. The summed E-state index contributed by atoms with van der Waals surface area (Å²) in [5.41, 5.74) is 7.67. The molecule has 0 atom stereocenters. The smallest absolute Gasteiger partial charge is 0.323 e. The summed E-state index contributed by atoms with van der Waals surface area (Å²) in [6, 6.07) is 11.6. The summed E-state index contributed by atoms with van der Waals surface area (Å²) in [4.78, 5) is 31.0. The predicted octanol–water partition coefficient (Wildman–Crippen LogP) is 0.462. The number of nitrogens with two attached hydrogens (primary N) is 1. The number of aromatic nitrogens is 2. The quantitative estimate of drug-likeness (QED) is 0.570. The largest absolute Gasteiger partial charge is 0.336 e. The molecule has 0 aliphatic carbocycles. The second kappa shape index (κ2) is 7.47. The highest BCUT2D eigenvalue weighted by Gasteiger charge is 2.30. The van der Waals surface area contributed by atoms with Crippen molar-refractivity contribution >= 4 is 27.0 Å². The van der Waals surface area contributed by atoms with Crippen LogP contribution in [0.15, 0.2) is 52.2 Å². The van der Waals surface area contributed by atoms with Crippen LogP contribution in [0.5, 0.6) is 0 Å². The average molecular weight is 415 g/mol. The predicted molar refractivity (Wildman–Crippen MR) is 108 cm³/mol. The van der Waals surface area contributed by atoms with Crippen molar-refractivity contribution < 1.29 is 13.2 Å². The number of hydrogen-bond donors (Lipinski definition) is 3. The highest BCUT2D eigenvalue weighted by atomic mass is 32.2. The number of carbonyl (C=O) groups excluding carboxylic acids is 1. The average Bonchev–Trinajstić information content (AvgIpc) is 3.12. The van der Waals surface area contributed by atoms with Crippen LogP contribution in [0.1, 0.15) is 15.9 Å². The number of nitrogens with one attached hydrogen (secondary N) is 2. The zero-order valence-corrected chi connectivity index (χ0v) is 16.4. The molecule has 4 N–H and O–H groups in total. The van der Waals surface area contributed by atoms with Crippen molar-refractivity contribution in [3.63, 3.8) is 0 Å². The fourth-order valence-corrected chi connectivity index (χ4v) is 4.87. The van der Waals surface area contributed by atoms with Gasteiger partial charge in [0.25, 0.3) is 5.91 Å². The number of imidazole rings is 1. The van der Waals surface area contributed by atoms with E-state index in [9.17, 15) is 18.0 Å². The molecule has 29 heavy (non-hydrogen) atoms. The van der Waals surface area contributed by atoms with E-state index in [4.69, 9.17) is 5.73 Å². The third-order valence-corrected chi connectivity index (χ3v) is 6.98. The number of rotatable bonds is 4. The maximum atomic E-state index is 13.0. The zero-order chi connectivity index (χ0) is 20.6. The van der Waals surface area contributed by atoms with Crippen LogP contribution in [0.3, 0.4) is 0 Å². The molecule has 1 aliphatic heterocycles. The Kier molecular flexibility index (Phi) is 4.99. The molecule has 152 valence electrons. The van der Waals surface area contributed by atoms with Crippen molar-refractivity contribution in [1.82, 2.24) is 19.2 Å². The Morgan fingerprint density at radius 2 is 1.62 bits per heavy atom. The molecule has 4 rings (SSSR count). The molecule has 1 fully saturated rings. The van der Waals surface area contributed by atoms with E-state index < -0.39 is 10.0 Å². The maximum absolute atomic E-state index is 13.0. The van der Waals surface area contributed by atoms with E-state index in [1.807, 2.05) is 12.1 Å².